The number of halogens is 1. The Bertz CT molecular complexity index is 136. The summed E-state index contributed by atoms with van der Waals surface area (Å²) in [6.45, 7) is 12.7. The average molecular weight is 160 g/mol. The molecule has 0 N–H and O–H groups in total. The fourth-order valence-corrected chi connectivity index (χ4v) is 0.372. The fraction of sp³-hybridized carbons (Fsp3) is 0.375. The number of hydrogen-bond acceptors (Lipinski definition) is 1. The molecule has 1 nitrogen and oxygen atoms in total. The summed E-state index contributed by atoms with van der Waals surface area (Å²) in [6.07, 6.45) is 1.47. The fourth-order valence-electron chi connectivity index (χ4n) is 0.228. The van der Waals surface area contributed by atoms with Gasteiger partial charge >= 0.3 is 0 Å². The van der Waals surface area contributed by atoms with Crippen LogP contribution in [0.3, 0.4) is 0 Å². The second kappa shape index (κ2) is 8.44. The number of nitrogens with zero attached hydrogens (tertiary/aromatic N) is 1. The van der Waals surface area contributed by atoms with Gasteiger partial charge in [0.05, 0.1) is 0 Å². The molecule has 10 heavy (non-hydrogen) atoms. The zero-order chi connectivity index (χ0) is 8.57. The maximum Gasteiger partial charge on any atom is 0.128 e. The molecule has 0 unspecified atom stereocenters. The highest BCUT2D eigenvalue weighted by atomic mass is 35.5. The molecule has 0 radical (unpaired) electrons. The topological polar surface area (TPSA) is 12.4 Å². The van der Waals surface area contributed by atoms with E-state index in [4.69, 9.17) is 11.6 Å². The SMILES string of the molecule is C=CC(Cl)=NC(=C)C.CC. The smallest absolute Gasteiger partial charge is 0.128 e. The van der Waals surface area contributed by atoms with Gasteiger partial charge < -0.3 is 0 Å². The van der Waals surface area contributed by atoms with Crippen molar-refractivity contribution in [2.24, 2.45) is 4.99 Å². The maximum atomic E-state index is 5.43. The Labute approximate surface area is 68.1 Å². The Morgan fingerprint density at radius 2 is 1.90 bits per heavy atom. The summed E-state index contributed by atoms with van der Waals surface area (Å²) in [6, 6.07) is 0. The monoisotopic (exact) mass is 159 g/mol. The molecular weight excluding hydrogens is 146 g/mol. The van der Waals surface area contributed by atoms with Crippen molar-refractivity contribution in [3.63, 3.8) is 0 Å². The molecule has 0 bridgehead atoms. The van der Waals surface area contributed by atoms with Crippen molar-refractivity contribution < 1.29 is 0 Å². The molecule has 0 amide bonds. The molecule has 0 aliphatic carbocycles. The van der Waals surface area contributed by atoms with E-state index in [1.54, 1.807) is 6.92 Å². The van der Waals surface area contributed by atoms with E-state index in [-0.39, 0.29) is 0 Å². The third kappa shape index (κ3) is 10.4. The van der Waals surface area contributed by atoms with Crippen LogP contribution in [0.25, 0.3) is 0 Å². The van der Waals surface area contributed by atoms with Gasteiger partial charge in [-0.25, -0.2) is 4.99 Å². The highest BCUT2D eigenvalue weighted by Gasteiger charge is 1.81. The number of allylic oxidation sites excluding steroid dienone is 2. The first-order chi connectivity index (χ1) is 4.66. The van der Waals surface area contributed by atoms with Crippen LogP contribution in [-0.4, -0.2) is 5.17 Å². The molecule has 0 saturated heterocycles. The number of aliphatic imine (C=N–C) groups is 1. The summed E-state index contributed by atoms with van der Waals surface area (Å²) in [5.74, 6) is 0. The lowest BCUT2D eigenvalue weighted by Crippen LogP contribution is -1.76. The van der Waals surface area contributed by atoms with Crippen molar-refractivity contribution in [2.45, 2.75) is 20.8 Å². The maximum absolute atomic E-state index is 5.43. The second-order valence-electron chi connectivity index (χ2n) is 1.37. The third-order valence-corrected chi connectivity index (χ3v) is 0.705. The van der Waals surface area contributed by atoms with Gasteiger partial charge in [0, 0.05) is 5.70 Å². The molecule has 0 aromatic rings. The minimum Gasteiger partial charge on any atom is -0.242 e. The van der Waals surface area contributed by atoms with Gasteiger partial charge in [0.25, 0.3) is 0 Å². The summed E-state index contributed by atoms with van der Waals surface area (Å²) < 4.78 is 0. The highest BCUT2D eigenvalue weighted by Crippen LogP contribution is 1.94. The lowest BCUT2D eigenvalue weighted by Gasteiger charge is -1.85. The minimum atomic E-state index is 0.387. The Morgan fingerprint density at radius 3 is 2.00 bits per heavy atom. The van der Waals surface area contributed by atoms with Crippen molar-refractivity contribution in [3.05, 3.63) is 24.9 Å². The van der Waals surface area contributed by atoms with Crippen LogP contribution >= 0.6 is 11.6 Å². The Kier molecular flexibility index (Phi) is 10.3. The van der Waals surface area contributed by atoms with E-state index in [0.29, 0.717) is 10.9 Å². The second-order valence-corrected chi connectivity index (χ2v) is 1.76. The first-order valence-corrected chi connectivity index (χ1v) is 3.56. The molecule has 2 heteroatoms. The minimum absolute atomic E-state index is 0.387. The van der Waals surface area contributed by atoms with E-state index >= 15 is 0 Å². The Hall–Kier alpha value is -0.560. The van der Waals surface area contributed by atoms with Crippen LogP contribution in [0.5, 0.6) is 0 Å². The van der Waals surface area contributed by atoms with Crippen molar-refractivity contribution in [2.75, 3.05) is 0 Å². The van der Waals surface area contributed by atoms with Crippen LogP contribution in [0.2, 0.25) is 0 Å². The molecule has 0 aliphatic heterocycles. The normalized spacial score (nSPS) is 9.40. The number of hydrogen-bond donors (Lipinski definition) is 0. The van der Waals surface area contributed by atoms with Crippen LogP contribution in [0.4, 0.5) is 0 Å². The van der Waals surface area contributed by atoms with Gasteiger partial charge in [0.15, 0.2) is 0 Å². The van der Waals surface area contributed by atoms with Crippen molar-refractivity contribution in [1.29, 1.82) is 0 Å². The molecule has 0 saturated carbocycles. The molecule has 0 aromatic heterocycles. The summed E-state index contributed by atoms with van der Waals surface area (Å²) in [5.41, 5.74) is 0.690. The van der Waals surface area contributed by atoms with Crippen molar-refractivity contribution in [1.82, 2.24) is 0 Å². The predicted molar refractivity (Wildman–Crippen MR) is 49.6 cm³/mol. The molecular formula is C8H14ClN. The lowest BCUT2D eigenvalue weighted by molar-refractivity contribution is 1.34. The summed E-state index contributed by atoms with van der Waals surface area (Å²) in [7, 11) is 0. The molecule has 0 spiro atoms. The molecule has 58 valence electrons. The van der Waals surface area contributed by atoms with E-state index in [2.05, 4.69) is 18.2 Å². The zero-order valence-electron chi connectivity index (χ0n) is 6.82. The molecule has 0 fully saturated rings. The van der Waals surface area contributed by atoms with Gasteiger partial charge in [-0.1, -0.05) is 38.6 Å². The van der Waals surface area contributed by atoms with Gasteiger partial charge in [-0.3, -0.25) is 0 Å². The molecule has 0 atom stereocenters. The summed E-state index contributed by atoms with van der Waals surface area (Å²) >= 11 is 5.43. The first kappa shape index (κ1) is 12.1. The quantitative estimate of drug-likeness (QED) is 0.548. The van der Waals surface area contributed by atoms with Crippen LogP contribution in [0.1, 0.15) is 20.8 Å². The van der Waals surface area contributed by atoms with Gasteiger partial charge in [0.2, 0.25) is 0 Å². The van der Waals surface area contributed by atoms with E-state index < -0.39 is 0 Å². The van der Waals surface area contributed by atoms with Crippen LogP contribution in [0, 0.1) is 0 Å². The Balaban J connectivity index is 0. The predicted octanol–water partition coefficient (Wildman–Crippen LogP) is 3.37. The van der Waals surface area contributed by atoms with E-state index in [0.717, 1.165) is 0 Å². The van der Waals surface area contributed by atoms with Crippen LogP contribution < -0.4 is 0 Å². The molecule has 0 aliphatic rings. The van der Waals surface area contributed by atoms with Gasteiger partial charge in [-0.2, -0.15) is 0 Å². The molecule has 0 rings (SSSR count). The van der Waals surface area contributed by atoms with Gasteiger partial charge in [-0.05, 0) is 13.0 Å². The van der Waals surface area contributed by atoms with Crippen molar-refractivity contribution >= 4 is 16.8 Å². The standard InChI is InChI=1S/C6H8ClN.C2H6/c1-4-6(7)8-5(2)3;1-2/h4H,1-2H2,3H3;1-2H3. The van der Waals surface area contributed by atoms with E-state index in [1.165, 1.54) is 6.08 Å². The summed E-state index contributed by atoms with van der Waals surface area (Å²) in [5, 5.41) is 0.387. The van der Waals surface area contributed by atoms with Crippen molar-refractivity contribution in [3.8, 4) is 0 Å². The van der Waals surface area contributed by atoms with Crippen LogP contribution in [0.15, 0.2) is 29.9 Å². The first-order valence-electron chi connectivity index (χ1n) is 3.19. The third-order valence-electron chi connectivity index (χ3n) is 0.466. The summed E-state index contributed by atoms with van der Waals surface area (Å²) in [4.78, 5) is 3.77. The molecule has 0 aromatic carbocycles. The Morgan fingerprint density at radius 1 is 1.50 bits per heavy atom. The molecule has 0 heterocycles. The van der Waals surface area contributed by atoms with E-state index in [1.807, 2.05) is 13.8 Å². The van der Waals surface area contributed by atoms with Gasteiger partial charge in [-0.15, -0.1) is 0 Å². The highest BCUT2D eigenvalue weighted by molar-refractivity contribution is 6.68. The largest absolute Gasteiger partial charge is 0.242 e. The zero-order valence-corrected chi connectivity index (χ0v) is 7.57. The average Bonchev–Trinajstić information content (AvgIpc) is 1.91. The van der Waals surface area contributed by atoms with Gasteiger partial charge in [0.1, 0.15) is 5.17 Å². The van der Waals surface area contributed by atoms with E-state index in [9.17, 15) is 0 Å². The number of rotatable bonds is 2. The van der Waals surface area contributed by atoms with Crippen LogP contribution in [-0.2, 0) is 0 Å². The lowest BCUT2D eigenvalue weighted by atomic mass is 10.6.